The molecule has 2 rings (SSSR count). The predicted molar refractivity (Wildman–Crippen MR) is 85.4 cm³/mol. The van der Waals surface area contributed by atoms with E-state index in [1.54, 1.807) is 25.1 Å². The minimum absolute atomic E-state index is 0.113. The van der Waals surface area contributed by atoms with Crippen molar-refractivity contribution in [2.45, 2.75) is 6.92 Å². The Labute approximate surface area is 136 Å². The standard InChI is InChI=1S/C14H13Cl2NO3S/c1-3-20-11(18)7-17(2)14(19)13-12(16)9-5-4-8(15)6-10(9)21-13/h4-6H,3,7H2,1-2H3. The van der Waals surface area contributed by atoms with E-state index in [9.17, 15) is 9.59 Å². The van der Waals surface area contributed by atoms with Crippen LogP contribution in [0.5, 0.6) is 0 Å². The molecule has 112 valence electrons. The summed E-state index contributed by atoms with van der Waals surface area (Å²) in [5.74, 6) is -0.765. The zero-order valence-electron chi connectivity index (χ0n) is 11.5. The molecule has 1 aromatic heterocycles. The van der Waals surface area contributed by atoms with Crippen LogP contribution < -0.4 is 0 Å². The summed E-state index contributed by atoms with van der Waals surface area (Å²) in [4.78, 5) is 25.5. The molecule has 1 heterocycles. The largest absolute Gasteiger partial charge is 0.465 e. The Balaban J connectivity index is 2.26. The lowest BCUT2D eigenvalue weighted by Gasteiger charge is -2.15. The molecule has 0 aliphatic rings. The van der Waals surface area contributed by atoms with Gasteiger partial charge in [-0.05, 0) is 19.1 Å². The van der Waals surface area contributed by atoms with Gasteiger partial charge in [-0.15, -0.1) is 11.3 Å². The van der Waals surface area contributed by atoms with Gasteiger partial charge < -0.3 is 9.64 Å². The fourth-order valence-corrected chi connectivity index (χ4v) is 3.60. The van der Waals surface area contributed by atoms with Gasteiger partial charge in [0.05, 0.1) is 11.6 Å². The maximum atomic E-state index is 12.4. The molecule has 0 N–H and O–H groups in total. The van der Waals surface area contributed by atoms with Gasteiger partial charge in [-0.3, -0.25) is 9.59 Å². The molecule has 0 bridgehead atoms. The van der Waals surface area contributed by atoms with E-state index >= 15 is 0 Å². The van der Waals surface area contributed by atoms with Crippen molar-refractivity contribution in [3.63, 3.8) is 0 Å². The summed E-state index contributed by atoms with van der Waals surface area (Å²) in [7, 11) is 1.53. The molecule has 0 unspecified atom stereocenters. The lowest BCUT2D eigenvalue weighted by atomic mass is 10.2. The Hall–Kier alpha value is -1.30. The normalized spacial score (nSPS) is 10.7. The number of thiophene rings is 1. The number of likely N-dealkylation sites (N-methyl/N-ethyl adjacent to an activating group) is 1. The number of amides is 1. The first-order valence-corrected chi connectivity index (χ1v) is 7.80. The topological polar surface area (TPSA) is 46.6 Å². The van der Waals surface area contributed by atoms with Crippen molar-refractivity contribution in [2.75, 3.05) is 20.2 Å². The third-order valence-electron chi connectivity index (χ3n) is 2.80. The highest BCUT2D eigenvalue weighted by molar-refractivity contribution is 7.21. The van der Waals surface area contributed by atoms with Gasteiger partial charge in [0.1, 0.15) is 11.4 Å². The highest BCUT2D eigenvalue weighted by Crippen LogP contribution is 2.37. The van der Waals surface area contributed by atoms with Crippen LogP contribution in [0, 0.1) is 0 Å². The minimum atomic E-state index is -0.450. The van der Waals surface area contributed by atoms with E-state index in [0.29, 0.717) is 14.9 Å². The molecule has 7 heteroatoms. The summed E-state index contributed by atoms with van der Waals surface area (Å²) in [6, 6.07) is 5.26. The first-order valence-electron chi connectivity index (χ1n) is 6.22. The predicted octanol–water partition coefficient (Wildman–Crippen LogP) is 3.84. The molecular weight excluding hydrogens is 333 g/mol. The summed E-state index contributed by atoms with van der Waals surface area (Å²) in [5.41, 5.74) is 0. The number of hydrogen-bond acceptors (Lipinski definition) is 4. The molecule has 0 radical (unpaired) electrons. The number of hydrogen-bond donors (Lipinski definition) is 0. The number of ether oxygens (including phenoxy) is 1. The van der Waals surface area contributed by atoms with Crippen molar-refractivity contribution in [2.24, 2.45) is 0 Å². The van der Waals surface area contributed by atoms with Crippen LogP contribution in [0.15, 0.2) is 18.2 Å². The quantitative estimate of drug-likeness (QED) is 0.790. The Morgan fingerprint density at radius 1 is 1.33 bits per heavy atom. The average molecular weight is 346 g/mol. The smallest absolute Gasteiger partial charge is 0.325 e. The Morgan fingerprint density at radius 3 is 2.71 bits per heavy atom. The second kappa shape index (κ2) is 6.64. The molecule has 0 spiro atoms. The van der Waals surface area contributed by atoms with Gasteiger partial charge in [-0.25, -0.2) is 0 Å². The number of carbonyl (C=O) groups excluding carboxylic acids is 2. The van der Waals surface area contributed by atoms with E-state index in [1.807, 2.05) is 0 Å². The summed E-state index contributed by atoms with van der Waals surface area (Å²) in [6.07, 6.45) is 0. The van der Waals surface area contributed by atoms with E-state index in [0.717, 1.165) is 10.1 Å². The molecule has 4 nitrogen and oxygen atoms in total. The van der Waals surface area contributed by atoms with Crippen LogP contribution in [-0.2, 0) is 9.53 Å². The van der Waals surface area contributed by atoms with Gasteiger partial charge in [0, 0.05) is 22.2 Å². The van der Waals surface area contributed by atoms with Crippen molar-refractivity contribution in [1.29, 1.82) is 0 Å². The number of nitrogens with zero attached hydrogens (tertiary/aromatic N) is 1. The van der Waals surface area contributed by atoms with Gasteiger partial charge in [0.25, 0.3) is 5.91 Å². The highest BCUT2D eigenvalue weighted by Gasteiger charge is 2.22. The van der Waals surface area contributed by atoms with Gasteiger partial charge in [0.15, 0.2) is 0 Å². The van der Waals surface area contributed by atoms with Crippen molar-refractivity contribution in [3.8, 4) is 0 Å². The maximum absolute atomic E-state index is 12.4. The van der Waals surface area contributed by atoms with Crippen molar-refractivity contribution >= 4 is 56.5 Å². The molecule has 0 aliphatic carbocycles. The number of esters is 1. The lowest BCUT2D eigenvalue weighted by molar-refractivity contribution is -0.143. The first kappa shape index (κ1) is 16.1. The molecular formula is C14H13Cl2NO3S. The van der Waals surface area contributed by atoms with Crippen molar-refractivity contribution in [1.82, 2.24) is 4.90 Å². The van der Waals surface area contributed by atoms with Crippen LogP contribution in [0.4, 0.5) is 0 Å². The van der Waals surface area contributed by atoms with Crippen LogP contribution in [0.25, 0.3) is 10.1 Å². The van der Waals surface area contributed by atoms with Crippen LogP contribution in [-0.4, -0.2) is 37.0 Å². The Morgan fingerprint density at radius 2 is 2.05 bits per heavy atom. The maximum Gasteiger partial charge on any atom is 0.325 e. The van der Waals surface area contributed by atoms with Crippen LogP contribution in [0.3, 0.4) is 0 Å². The molecule has 0 saturated heterocycles. The van der Waals surface area contributed by atoms with E-state index in [-0.39, 0.29) is 19.1 Å². The SMILES string of the molecule is CCOC(=O)CN(C)C(=O)c1sc2cc(Cl)ccc2c1Cl. The van der Waals surface area contributed by atoms with Crippen LogP contribution >= 0.6 is 34.5 Å². The molecule has 2 aromatic rings. The second-order valence-corrected chi connectivity index (χ2v) is 6.22. The van der Waals surface area contributed by atoms with Crippen molar-refractivity contribution in [3.05, 3.63) is 33.1 Å². The number of fused-ring (bicyclic) bond motifs is 1. The van der Waals surface area contributed by atoms with Gasteiger partial charge in [0.2, 0.25) is 0 Å². The zero-order valence-corrected chi connectivity index (χ0v) is 13.8. The molecule has 0 aliphatic heterocycles. The van der Waals surface area contributed by atoms with Gasteiger partial charge in [-0.2, -0.15) is 0 Å². The van der Waals surface area contributed by atoms with Gasteiger partial charge in [-0.1, -0.05) is 29.3 Å². The van der Waals surface area contributed by atoms with E-state index < -0.39 is 5.97 Å². The number of halogens is 2. The molecule has 0 fully saturated rings. The van der Waals surface area contributed by atoms with E-state index in [4.69, 9.17) is 27.9 Å². The summed E-state index contributed by atoms with van der Waals surface area (Å²) < 4.78 is 5.66. The Kier molecular flexibility index (Phi) is 5.08. The summed E-state index contributed by atoms with van der Waals surface area (Å²) in [6.45, 7) is 1.88. The summed E-state index contributed by atoms with van der Waals surface area (Å²) >= 11 is 13.4. The second-order valence-electron chi connectivity index (χ2n) is 4.35. The fourth-order valence-electron chi connectivity index (χ4n) is 1.82. The number of carbonyl (C=O) groups is 2. The fraction of sp³-hybridized carbons (Fsp3) is 0.286. The molecule has 0 saturated carbocycles. The monoisotopic (exact) mass is 345 g/mol. The number of benzene rings is 1. The van der Waals surface area contributed by atoms with Crippen LogP contribution in [0.1, 0.15) is 16.6 Å². The van der Waals surface area contributed by atoms with Crippen molar-refractivity contribution < 1.29 is 14.3 Å². The molecule has 0 atom stereocenters. The Bertz CT molecular complexity index is 699. The zero-order chi connectivity index (χ0) is 15.6. The van der Waals surface area contributed by atoms with E-state index in [2.05, 4.69) is 0 Å². The lowest BCUT2D eigenvalue weighted by Crippen LogP contribution is -2.32. The minimum Gasteiger partial charge on any atom is -0.465 e. The van der Waals surface area contributed by atoms with E-state index in [1.165, 1.54) is 23.3 Å². The third kappa shape index (κ3) is 3.48. The molecule has 21 heavy (non-hydrogen) atoms. The summed E-state index contributed by atoms with van der Waals surface area (Å²) in [5, 5.41) is 1.74. The average Bonchev–Trinajstić information content (AvgIpc) is 2.74. The first-order chi connectivity index (χ1) is 9.93. The number of rotatable bonds is 4. The highest BCUT2D eigenvalue weighted by atomic mass is 35.5. The van der Waals surface area contributed by atoms with Crippen LogP contribution in [0.2, 0.25) is 10.0 Å². The van der Waals surface area contributed by atoms with Gasteiger partial charge >= 0.3 is 5.97 Å². The third-order valence-corrected chi connectivity index (χ3v) is 4.68. The molecule has 1 amide bonds. The molecule has 1 aromatic carbocycles.